The van der Waals surface area contributed by atoms with E-state index in [1.807, 2.05) is 24.5 Å². The van der Waals surface area contributed by atoms with Crippen LogP contribution < -0.4 is 4.57 Å². The first kappa shape index (κ1) is 10.7. The third-order valence-electron chi connectivity index (χ3n) is 2.24. The molecule has 0 aliphatic rings. The summed E-state index contributed by atoms with van der Waals surface area (Å²) in [7, 11) is 0. The Morgan fingerprint density at radius 1 is 1.36 bits per heavy atom. The van der Waals surface area contributed by atoms with E-state index in [-0.39, 0.29) is 0 Å². The summed E-state index contributed by atoms with van der Waals surface area (Å²) in [6.45, 7) is 10.1. The van der Waals surface area contributed by atoms with Crippen LogP contribution in [0.4, 0.5) is 5.69 Å². The van der Waals surface area contributed by atoms with Gasteiger partial charge in [-0.05, 0) is 18.6 Å². The molecular formula is C12H17N2+. The third kappa shape index (κ3) is 3.57. The van der Waals surface area contributed by atoms with E-state index in [4.69, 9.17) is 6.57 Å². The molecule has 0 saturated heterocycles. The zero-order valence-corrected chi connectivity index (χ0v) is 8.74. The predicted molar refractivity (Wildman–Crippen MR) is 57.0 cm³/mol. The van der Waals surface area contributed by atoms with E-state index < -0.39 is 0 Å². The van der Waals surface area contributed by atoms with E-state index >= 15 is 0 Å². The van der Waals surface area contributed by atoms with Crippen LogP contribution in [0.15, 0.2) is 24.5 Å². The van der Waals surface area contributed by atoms with Crippen LogP contribution >= 0.6 is 0 Å². The predicted octanol–water partition coefficient (Wildman–Crippen LogP) is 3.11. The lowest BCUT2D eigenvalue weighted by Gasteiger charge is -1.97. The van der Waals surface area contributed by atoms with E-state index in [0.717, 1.165) is 12.2 Å². The Labute approximate surface area is 86.0 Å². The van der Waals surface area contributed by atoms with Crippen LogP contribution in [-0.2, 0) is 6.54 Å². The second-order valence-corrected chi connectivity index (χ2v) is 3.47. The molecule has 0 unspecified atom stereocenters. The number of aromatic nitrogens is 1. The van der Waals surface area contributed by atoms with Crippen LogP contribution in [0.3, 0.4) is 0 Å². The Kier molecular flexibility index (Phi) is 4.71. The number of hydrogen-bond donors (Lipinski definition) is 0. The molecule has 0 atom stereocenters. The van der Waals surface area contributed by atoms with Gasteiger partial charge in [0.25, 0.3) is 0 Å². The summed E-state index contributed by atoms with van der Waals surface area (Å²) in [5, 5.41) is 0. The van der Waals surface area contributed by atoms with Crippen LogP contribution in [-0.4, -0.2) is 0 Å². The first-order valence-electron chi connectivity index (χ1n) is 5.23. The third-order valence-corrected chi connectivity index (χ3v) is 2.24. The lowest BCUT2D eigenvalue weighted by atomic mass is 10.2. The van der Waals surface area contributed by atoms with Gasteiger partial charge in [-0.3, -0.25) is 0 Å². The summed E-state index contributed by atoms with van der Waals surface area (Å²) in [4.78, 5) is 3.40. The highest BCUT2D eigenvalue weighted by atomic mass is 14.9. The highest BCUT2D eigenvalue weighted by Gasteiger charge is 2.01. The SMILES string of the molecule is [C-]#[N+]c1ccc[n+](CCCCCC)c1. The summed E-state index contributed by atoms with van der Waals surface area (Å²) in [5.41, 5.74) is 0.725. The van der Waals surface area contributed by atoms with Crippen LogP contribution in [0.1, 0.15) is 32.6 Å². The van der Waals surface area contributed by atoms with Crippen molar-refractivity contribution in [3.63, 3.8) is 0 Å². The van der Waals surface area contributed by atoms with E-state index in [1.165, 1.54) is 25.7 Å². The van der Waals surface area contributed by atoms with Gasteiger partial charge in [0.2, 0.25) is 5.69 Å². The molecule has 0 radical (unpaired) electrons. The molecule has 2 nitrogen and oxygen atoms in total. The van der Waals surface area contributed by atoms with Crippen molar-refractivity contribution in [2.45, 2.75) is 39.2 Å². The van der Waals surface area contributed by atoms with Gasteiger partial charge in [-0.25, -0.2) is 9.41 Å². The van der Waals surface area contributed by atoms with Crippen molar-refractivity contribution in [1.29, 1.82) is 0 Å². The van der Waals surface area contributed by atoms with Crippen LogP contribution in [0, 0.1) is 6.57 Å². The molecule has 1 heterocycles. The van der Waals surface area contributed by atoms with Gasteiger partial charge in [0.05, 0.1) is 6.57 Å². The molecule has 1 aromatic rings. The summed E-state index contributed by atoms with van der Waals surface area (Å²) in [5.74, 6) is 0. The summed E-state index contributed by atoms with van der Waals surface area (Å²) in [6.07, 6.45) is 9.01. The van der Waals surface area contributed by atoms with Gasteiger partial charge in [-0.2, -0.15) is 0 Å². The van der Waals surface area contributed by atoms with Gasteiger partial charge in [0.15, 0.2) is 12.4 Å². The summed E-state index contributed by atoms with van der Waals surface area (Å²) >= 11 is 0. The van der Waals surface area contributed by atoms with Crippen molar-refractivity contribution in [2.24, 2.45) is 0 Å². The van der Waals surface area contributed by atoms with E-state index in [0.29, 0.717) is 0 Å². The molecule has 74 valence electrons. The standard InChI is InChI=1S/C12H17N2/c1-3-4-5-6-9-14-10-7-8-12(11-14)13-2/h7-8,10-11H,3-6,9H2,1H3/q+1. The monoisotopic (exact) mass is 189 g/mol. The van der Waals surface area contributed by atoms with E-state index in [1.54, 1.807) is 0 Å². The van der Waals surface area contributed by atoms with Crippen molar-refractivity contribution in [1.82, 2.24) is 0 Å². The van der Waals surface area contributed by atoms with Crippen molar-refractivity contribution < 1.29 is 4.57 Å². The Hall–Kier alpha value is -1.36. The lowest BCUT2D eigenvalue weighted by molar-refractivity contribution is -0.696. The van der Waals surface area contributed by atoms with Gasteiger partial charge in [-0.15, -0.1) is 0 Å². The maximum Gasteiger partial charge on any atom is 0.249 e. The molecular weight excluding hydrogens is 172 g/mol. The average Bonchev–Trinajstić information content (AvgIpc) is 2.25. The Balaban J connectivity index is 2.39. The average molecular weight is 189 g/mol. The molecule has 0 N–H and O–H groups in total. The zero-order chi connectivity index (χ0) is 10.2. The first-order valence-corrected chi connectivity index (χ1v) is 5.23. The van der Waals surface area contributed by atoms with Crippen molar-refractivity contribution in [3.8, 4) is 0 Å². The van der Waals surface area contributed by atoms with Crippen LogP contribution in [0.5, 0.6) is 0 Å². The molecule has 2 heteroatoms. The molecule has 0 fully saturated rings. The van der Waals surface area contributed by atoms with Crippen molar-refractivity contribution in [3.05, 3.63) is 35.9 Å². The first-order chi connectivity index (χ1) is 6.86. The molecule has 0 spiro atoms. The lowest BCUT2D eigenvalue weighted by Crippen LogP contribution is -2.32. The number of pyridine rings is 1. The minimum absolute atomic E-state index is 0.725. The molecule has 0 amide bonds. The fourth-order valence-corrected chi connectivity index (χ4v) is 1.43. The van der Waals surface area contributed by atoms with Gasteiger partial charge < -0.3 is 0 Å². The molecule has 0 aliphatic heterocycles. The normalized spacial score (nSPS) is 9.71. The number of unbranched alkanes of at least 4 members (excludes halogenated alkanes) is 3. The second kappa shape index (κ2) is 6.15. The van der Waals surface area contributed by atoms with Gasteiger partial charge in [0, 0.05) is 6.42 Å². The fourth-order valence-electron chi connectivity index (χ4n) is 1.43. The zero-order valence-electron chi connectivity index (χ0n) is 8.74. The van der Waals surface area contributed by atoms with Crippen LogP contribution in [0.25, 0.3) is 4.85 Å². The van der Waals surface area contributed by atoms with Crippen molar-refractivity contribution in [2.75, 3.05) is 0 Å². The number of rotatable bonds is 5. The maximum absolute atomic E-state index is 6.90. The highest BCUT2D eigenvalue weighted by Crippen LogP contribution is 2.06. The number of aryl methyl sites for hydroxylation is 1. The van der Waals surface area contributed by atoms with Crippen LogP contribution in [0.2, 0.25) is 0 Å². The highest BCUT2D eigenvalue weighted by molar-refractivity contribution is 5.38. The maximum atomic E-state index is 6.90. The molecule has 0 bridgehead atoms. The topological polar surface area (TPSA) is 8.24 Å². The summed E-state index contributed by atoms with van der Waals surface area (Å²) < 4.78 is 2.10. The second-order valence-electron chi connectivity index (χ2n) is 3.47. The molecule has 0 aliphatic carbocycles. The molecule has 14 heavy (non-hydrogen) atoms. The summed E-state index contributed by atoms with van der Waals surface area (Å²) in [6, 6.07) is 3.78. The largest absolute Gasteiger partial charge is 0.249 e. The van der Waals surface area contributed by atoms with Gasteiger partial charge in [-0.1, -0.05) is 19.8 Å². The van der Waals surface area contributed by atoms with E-state index in [9.17, 15) is 0 Å². The smallest absolute Gasteiger partial charge is 0.232 e. The molecule has 0 aromatic carbocycles. The van der Waals surface area contributed by atoms with E-state index in [2.05, 4.69) is 16.3 Å². The number of nitrogens with zero attached hydrogens (tertiary/aromatic N) is 2. The Morgan fingerprint density at radius 3 is 2.93 bits per heavy atom. The Morgan fingerprint density at radius 2 is 2.21 bits per heavy atom. The molecule has 1 rings (SSSR count). The van der Waals surface area contributed by atoms with Gasteiger partial charge in [0.1, 0.15) is 6.54 Å². The molecule has 0 saturated carbocycles. The minimum atomic E-state index is 0.725. The van der Waals surface area contributed by atoms with Gasteiger partial charge >= 0.3 is 0 Å². The fraction of sp³-hybridized carbons (Fsp3) is 0.500. The Bertz CT molecular complexity index is 312. The quantitative estimate of drug-likeness (QED) is 0.382. The minimum Gasteiger partial charge on any atom is -0.232 e. The van der Waals surface area contributed by atoms with Crippen molar-refractivity contribution >= 4 is 5.69 Å². The number of hydrogen-bond acceptors (Lipinski definition) is 0. The molecule has 1 aromatic heterocycles.